The van der Waals surface area contributed by atoms with Crippen LogP contribution in [0.25, 0.3) is 10.9 Å². The van der Waals surface area contributed by atoms with Crippen molar-refractivity contribution in [2.75, 3.05) is 13.7 Å². The van der Waals surface area contributed by atoms with Crippen LogP contribution in [-0.4, -0.2) is 23.3 Å². The van der Waals surface area contributed by atoms with Gasteiger partial charge in [-0.1, -0.05) is 6.07 Å². The molecule has 0 bridgehead atoms. The zero-order valence-corrected chi connectivity index (χ0v) is 10.2. The number of aliphatic hydroxyl groups is 1. The Morgan fingerprint density at radius 2 is 2.24 bits per heavy atom. The van der Waals surface area contributed by atoms with Crippen molar-refractivity contribution in [2.45, 2.75) is 12.5 Å². The number of benzene rings is 1. The number of aromatic nitrogens is 1. The van der Waals surface area contributed by atoms with Gasteiger partial charge in [0.1, 0.15) is 5.75 Å². The minimum atomic E-state index is -0.526. The second-order valence-corrected chi connectivity index (χ2v) is 4.11. The number of aryl methyl sites for hydroxylation is 1. The average molecular weight is 234 g/mol. The number of fused-ring (bicyclic) bond motifs is 1. The summed E-state index contributed by atoms with van der Waals surface area (Å²) in [4.78, 5) is 0. The Hall–Kier alpha value is -1.52. The van der Waals surface area contributed by atoms with Gasteiger partial charge in [0.25, 0.3) is 0 Å². The summed E-state index contributed by atoms with van der Waals surface area (Å²) in [5, 5.41) is 11.0. The van der Waals surface area contributed by atoms with E-state index in [0.717, 1.165) is 22.3 Å². The number of rotatable bonds is 4. The van der Waals surface area contributed by atoms with Crippen LogP contribution in [0.4, 0.5) is 0 Å². The van der Waals surface area contributed by atoms with Crippen LogP contribution in [0.15, 0.2) is 24.3 Å². The zero-order valence-electron chi connectivity index (χ0n) is 10.2. The van der Waals surface area contributed by atoms with Gasteiger partial charge in [-0.25, -0.2) is 0 Å². The summed E-state index contributed by atoms with van der Waals surface area (Å²) in [6, 6.07) is 7.84. The second-order valence-electron chi connectivity index (χ2n) is 4.11. The van der Waals surface area contributed by atoms with Gasteiger partial charge in [0.15, 0.2) is 0 Å². The number of hydrogen-bond donors (Lipinski definition) is 2. The first-order valence-electron chi connectivity index (χ1n) is 5.69. The Morgan fingerprint density at radius 3 is 2.88 bits per heavy atom. The molecule has 1 heterocycles. The molecule has 17 heavy (non-hydrogen) atoms. The third kappa shape index (κ3) is 2.01. The summed E-state index contributed by atoms with van der Waals surface area (Å²) in [6.07, 6.45) is 0.0362. The third-order valence-corrected chi connectivity index (χ3v) is 3.09. The van der Waals surface area contributed by atoms with Gasteiger partial charge in [-0.3, -0.25) is 0 Å². The Morgan fingerprint density at radius 1 is 1.47 bits per heavy atom. The highest BCUT2D eigenvalue weighted by Gasteiger charge is 2.15. The van der Waals surface area contributed by atoms with E-state index in [2.05, 4.69) is 0 Å². The van der Waals surface area contributed by atoms with E-state index in [1.807, 2.05) is 35.9 Å². The number of hydrogen-bond acceptors (Lipinski definition) is 3. The Labute approximate surface area is 101 Å². The largest absolute Gasteiger partial charge is 0.496 e. The first kappa shape index (κ1) is 12.0. The molecule has 0 saturated carbocycles. The zero-order chi connectivity index (χ0) is 12.4. The molecule has 0 radical (unpaired) electrons. The van der Waals surface area contributed by atoms with Crippen LogP contribution < -0.4 is 10.5 Å². The number of nitrogens with two attached hydrogens (primary N) is 1. The molecule has 1 aromatic heterocycles. The summed E-state index contributed by atoms with van der Waals surface area (Å²) in [5.41, 5.74) is 7.39. The SMILES string of the molecule is COc1cccc2c1cc(C(O)CCN)n2C. The molecule has 0 saturated heterocycles. The molecule has 1 atom stereocenters. The molecule has 0 aliphatic rings. The Balaban J connectivity index is 2.56. The first-order valence-corrected chi connectivity index (χ1v) is 5.69. The fourth-order valence-corrected chi connectivity index (χ4v) is 2.16. The predicted octanol–water partition coefficient (Wildman–Crippen LogP) is 1.57. The van der Waals surface area contributed by atoms with E-state index >= 15 is 0 Å². The van der Waals surface area contributed by atoms with Gasteiger partial charge >= 0.3 is 0 Å². The lowest BCUT2D eigenvalue weighted by Gasteiger charge is -2.10. The average Bonchev–Trinajstić information content (AvgIpc) is 2.67. The molecule has 2 rings (SSSR count). The predicted molar refractivity (Wildman–Crippen MR) is 68.1 cm³/mol. The van der Waals surface area contributed by atoms with Crippen molar-refractivity contribution in [3.8, 4) is 5.75 Å². The molecule has 3 N–H and O–H groups in total. The summed E-state index contributed by atoms with van der Waals surface area (Å²) >= 11 is 0. The topological polar surface area (TPSA) is 60.4 Å². The number of ether oxygens (including phenoxy) is 1. The fourth-order valence-electron chi connectivity index (χ4n) is 2.16. The van der Waals surface area contributed by atoms with E-state index in [9.17, 15) is 5.11 Å². The van der Waals surface area contributed by atoms with Crippen molar-refractivity contribution < 1.29 is 9.84 Å². The molecule has 2 aromatic rings. The van der Waals surface area contributed by atoms with E-state index < -0.39 is 6.10 Å². The number of aliphatic hydroxyl groups excluding tert-OH is 1. The van der Waals surface area contributed by atoms with Gasteiger partial charge in [-0.15, -0.1) is 0 Å². The summed E-state index contributed by atoms with van der Waals surface area (Å²) in [6.45, 7) is 0.472. The summed E-state index contributed by atoms with van der Waals surface area (Å²) < 4.78 is 7.30. The lowest BCUT2D eigenvalue weighted by Crippen LogP contribution is -2.09. The van der Waals surface area contributed by atoms with Crippen molar-refractivity contribution in [3.05, 3.63) is 30.0 Å². The number of nitrogens with zero attached hydrogens (tertiary/aromatic N) is 1. The van der Waals surface area contributed by atoms with Crippen LogP contribution in [0.5, 0.6) is 5.75 Å². The fraction of sp³-hybridized carbons (Fsp3) is 0.385. The molecule has 4 nitrogen and oxygen atoms in total. The highest BCUT2D eigenvalue weighted by molar-refractivity contribution is 5.87. The van der Waals surface area contributed by atoms with Crippen LogP contribution in [0.3, 0.4) is 0 Å². The van der Waals surface area contributed by atoms with Crippen molar-refractivity contribution in [1.29, 1.82) is 0 Å². The molecular formula is C13H18N2O2. The maximum atomic E-state index is 10.0. The van der Waals surface area contributed by atoms with Gasteiger partial charge < -0.3 is 20.1 Å². The van der Waals surface area contributed by atoms with Crippen LogP contribution in [0.1, 0.15) is 18.2 Å². The van der Waals surface area contributed by atoms with E-state index in [1.54, 1.807) is 7.11 Å². The monoisotopic (exact) mass is 234 g/mol. The standard InChI is InChI=1S/C13H18N2O2/c1-15-10-4-3-5-13(17-2)9(10)8-11(15)12(16)6-7-14/h3-5,8,12,16H,6-7,14H2,1-2H3. The maximum Gasteiger partial charge on any atom is 0.128 e. The molecule has 4 heteroatoms. The Kier molecular flexibility index (Phi) is 3.36. The molecular weight excluding hydrogens is 216 g/mol. The van der Waals surface area contributed by atoms with Crippen molar-refractivity contribution in [1.82, 2.24) is 4.57 Å². The first-order chi connectivity index (χ1) is 8.19. The van der Waals surface area contributed by atoms with E-state index in [4.69, 9.17) is 10.5 Å². The minimum Gasteiger partial charge on any atom is -0.496 e. The van der Waals surface area contributed by atoms with Crippen LogP contribution in [0.2, 0.25) is 0 Å². The lowest BCUT2D eigenvalue weighted by atomic mass is 10.1. The van der Waals surface area contributed by atoms with Gasteiger partial charge in [-0.2, -0.15) is 0 Å². The summed E-state index contributed by atoms with van der Waals surface area (Å²) in [7, 11) is 3.59. The smallest absolute Gasteiger partial charge is 0.128 e. The van der Waals surface area contributed by atoms with Crippen molar-refractivity contribution in [2.24, 2.45) is 12.8 Å². The molecule has 0 aliphatic heterocycles. The molecule has 0 spiro atoms. The molecule has 1 aromatic carbocycles. The molecule has 0 fully saturated rings. The Bertz CT molecular complexity index is 519. The maximum absolute atomic E-state index is 10.0. The van der Waals surface area contributed by atoms with Crippen LogP contribution in [0, 0.1) is 0 Å². The molecule has 92 valence electrons. The minimum absolute atomic E-state index is 0.472. The van der Waals surface area contributed by atoms with Gasteiger partial charge in [0, 0.05) is 18.1 Å². The van der Waals surface area contributed by atoms with E-state index in [1.165, 1.54) is 0 Å². The van der Waals surface area contributed by atoms with Crippen molar-refractivity contribution in [3.63, 3.8) is 0 Å². The highest BCUT2D eigenvalue weighted by Crippen LogP contribution is 2.31. The van der Waals surface area contributed by atoms with E-state index in [-0.39, 0.29) is 0 Å². The highest BCUT2D eigenvalue weighted by atomic mass is 16.5. The summed E-state index contributed by atoms with van der Waals surface area (Å²) in [5.74, 6) is 0.823. The van der Waals surface area contributed by atoms with E-state index in [0.29, 0.717) is 13.0 Å². The van der Waals surface area contributed by atoms with Crippen LogP contribution >= 0.6 is 0 Å². The molecule has 1 unspecified atom stereocenters. The van der Waals surface area contributed by atoms with Crippen molar-refractivity contribution >= 4 is 10.9 Å². The second kappa shape index (κ2) is 4.77. The number of methoxy groups -OCH3 is 1. The quantitative estimate of drug-likeness (QED) is 0.844. The third-order valence-electron chi connectivity index (χ3n) is 3.09. The van der Waals surface area contributed by atoms with Gasteiger partial charge in [-0.05, 0) is 31.2 Å². The normalized spacial score (nSPS) is 12.9. The van der Waals surface area contributed by atoms with Gasteiger partial charge in [0.2, 0.25) is 0 Å². The van der Waals surface area contributed by atoms with Gasteiger partial charge in [0.05, 0.1) is 18.7 Å². The molecule has 0 amide bonds. The lowest BCUT2D eigenvalue weighted by molar-refractivity contribution is 0.162. The van der Waals surface area contributed by atoms with Crippen LogP contribution in [-0.2, 0) is 7.05 Å². The molecule has 0 aliphatic carbocycles.